The summed E-state index contributed by atoms with van der Waals surface area (Å²) >= 11 is 0. The Balaban J connectivity index is 2.46. The van der Waals surface area contributed by atoms with Gasteiger partial charge in [0.05, 0.1) is 20.3 Å². The molecule has 21 heavy (non-hydrogen) atoms. The fourth-order valence-electron chi connectivity index (χ4n) is 2.40. The summed E-state index contributed by atoms with van der Waals surface area (Å²) in [7, 11) is 3.23. The number of aromatic nitrogens is 1. The largest absolute Gasteiger partial charge is 0.493 e. The number of nitrogens with one attached hydrogen (secondary N) is 1. The van der Waals surface area contributed by atoms with Gasteiger partial charge in [0.25, 0.3) is 0 Å². The summed E-state index contributed by atoms with van der Waals surface area (Å²) in [6, 6.07) is 9.62. The Morgan fingerprint density at radius 3 is 2.33 bits per heavy atom. The Labute approximate surface area is 125 Å². The van der Waals surface area contributed by atoms with Gasteiger partial charge in [-0.05, 0) is 43.2 Å². The molecular formula is C16H21N3O2. The third-order valence-corrected chi connectivity index (χ3v) is 3.48. The number of methoxy groups -OCH3 is 2. The van der Waals surface area contributed by atoms with Gasteiger partial charge in [0.2, 0.25) is 0 Å². The first-order valence-corrected chi connectivity index (χ1v) is 6.73. The molecular weight excluding hydrogens is 266 g/mol. The van der Waals surface area contributed by atoms with Crippen LogP contribution in [0.5, 0.6) is 11.5 Å². The summed E-state index contributed by atoms with van der Waals surface area (Å²) in [4.78, 5) is 4.49. The molecule has 2 aromatic rings. The van der Waals surface area contributed by atoms with E-state index in [0.29, 0.717) is 11.5 Å². The lowest BCUT2D eigenvalue weighted by molar-refractivity contribution is 0.354. The molecule has 3 N–H and O–H groups in total. The normalized spacial score (nSPS) is 12.0. The van der Waals surface area contributed by atoms with Gasteiger partial charge in [-0.15, -0.1) is 0 Å². The van der Waals surface area contributed by atoms with Crippen molar-refractivity contribution in [2.45, 2.75) is 19.9 Å². The number of hydrazine groups is 1. The Kier molecular flexibility index (Phi) is 4.77. The van der Waals surface area contributed by atoms with Crippen LogP contribution in [0.2, 0.25) is 0 Å². The van der Waals surface area contributed by atoms with Crippen LogP contribution < -0.4 is 20.7 Å². The van der Waals surface area contributed by atoms with E-state index in [-0.39, 0.29) is 6.04 Å². The maximum Gasteiger partial charge on any atom is 0.161 e. The monoisotopic (exact) mass is 287 g/mol. The molecule has 1 heterocycles. The van der Waals surface area contributed by atoms with E-state index in [1.807, 2.05) is 44.2 Å². The minimum atomic E-state index is -0.155. The number of hydrogen-bond acceptors (Lipinski definition) is 5. The maximum atomic E-state index is 5.76. The van der Waals surface area contributed by atoms with Crippen molar-refractivity contribution in [1.82, 2.24) is 10.4 Å². The molecule has 0 radical (unpaired) electrons. The molecule has 1 aromatic carbocycles. The van der Waals surface area contributed by atoms with Gasteiger partial charge in [0.15, 0.2) is 11.5 Å². The Morgan fingerprint density at radius 2 is 1.76 bits per heavy atom. The van der Waals surface area contributed by atoms with E-state index in [4.69, 9.17) is 15.3 Å². The van der Waals surface area contributed by atoms with Crippen LogP contribution in [0.25, 0.3) is 0 Å². The first-order valence-electron chi connectivity index (χ1n) is 6.73. The molecule has 0 fully saturated rings. The topological polar surface area (TPSA) is 69.4 Å². The lowest BCUT2D eigenvalue weighted by Gasteiger charge is -2.20. The molecule has 112 valence electrons. The number of ether oxygens (including phenoxy) is 2. The number of benzene rings is 1. The molecule has 5 heteroatoms. The smallest absolute Gasteiger partial charge is 0.161 e. The van der Waals surface area contributed by atoms with Gasteiger partial charge in [0, 0.05) is 11.4 Å². The average molecular weight is 287 g/mol. The highest BCUT2D eigenvalue weighted by Gasteiger charge is 2.17. The number of nitrogens with zero attached hydrogens (tertiary/aromatic N) is 1. The molecule has 1 aromatic heterocycles. The molecule has 0 aliphatic rings. The predicted molar refractivity (Wildman–Crippen MR) is 82.4 cm³/mol. The molecule has 0 saturated carbocycles. The second-order valence-corrected chi connectivity index (χ2v) is 4.84. The summed E-state index contributed by atoms with van der Waals surface area (Å²) in [6.45, 7) is 3.95. The molecule has 0 spiro atoms. The highest BCUT2D eigenvalue weighted by Crippen LogP contribution is 2.32. The third-order valence-electron chi connectivity index (χ3n) is 3.48. The fraction of sp³-hybridized carbons (Fsp3) is 0.312. The number of hydrogen-bond donors (Lipinski definition) is 2. The molecule has 0 saturated heterocycles. The van der Waals surface area contributed by atoms with Gasteiger partial charge in [0.1, 0.15) is 0 Å². The van der Waals surface area contributed by atoms with Crippen molar-refractivity contribution in [3.63, 3.8) is 0 Å². The lowest BCUT2D eigenvalue weighted by Crippen LogP contribution is -2.29. The van der Waals surface area contributed by atoms with Crippen LogP contribution in [0.3, 0.4) is 0 Å². The zero-order chi connectivity index (χ0) is 15.4. The van der Waals surface area contributed by atoms with Crippen molar-refractivity contribution in [2.24, 2.45) is 5.84 Å². The van der Waals surface area contributed by atoms with E-state index in [9.17, 15) is 0 Å². The molecule has 1 atom stereocenters. The molecule has 0 aliphatic heterocycles. The van der Waals surface area contributed by atoms with Crippen LogP contribution in [0.15, 0.2) is 30.3 Å². The van der Waals surface area contributed by atoms with E-state index in [2.05, 4.69) is 10.4 Å². The fourth-order valence-corrected chi connectivity index (χ4v) is 2.40. The zero-order valence-electron chi connectivity index (χ0n) is 12.8. The van der Waals surface area contributed by atoms with Gasteiger partial charge in [-0.25, -0.2) is 5.43 Å². The molecule has 2 rings (SSSR count). The maximum absolute atomic E-state index is 5.76. The summed E-state index contributed by atoms with van der Waals surface area (Å²) in [6.07, 6.45) is 0. The number of aryl methyl sites for hydroxylation is 2. The van der Waals surface area contributed by atoms with Crippen molar-refractivity contribution >= 4 is 0 Å². The molecule has 0 bridgehead atoms. The standard InChI is InChI=1S/C16H21N3O2/c1-10-5-7-13(11(2)18-10)16(19-17)12-6-8-14(20-3)15(9-12)21-4/h5-9,16,19H,17H2,1-4H3. The SMILES string of the molecule is COc1ccc(C(NN)c2ccc(C)nc2C)cc1OC. The molecule has 1 unspecified atom stereocenters. The van der Waals surface area contributed by atoms with Gasteiger partial charge >= 0.3 is 0 Å². The van der Waals surface area contributed by atoms with Gasteiger partial charge in [-0.3, -0.25) is 10.8 Å². The van der Waals surface area contributed by atoms with Crippen molar-refractivity contribution in [3.8, 4) is 11.5 Å². The van der Waals surface area contributed by atoms with Gasteiger partial charge in [-0.2, -0.15) is 0 Å². The van der Waals surface area contributed by atoms with Crippen LogP contribution in [-0.4, -0.2) is 19.2 Å². The van der Waals surface area contributed by atoms with Crippen LogP contribution in [0.4, 0.5) is 0 Å². The summed E-state index contributed by atoms with van der Waals surface area (Å²) < 4.78 is 10.6. The summed E-state index contributed by atoms with van der Waals surface area (Å²) in [5.74, 6) is 7.12. The Hall–Kier alpha value is -2.11. The van der Waals surface area contributed by atoms with Crippen LogP contribution in [0.1, 0.15) is 28.6 Å². The molecule has 5 nitrogen and oxygen atoms in total. The highest BCUT2D eigenvalue weighted by molar-refractivity contribution is 5.46. The number of rotatable bonds is 5. The van der Waals surface area contributed by atoms with Gasteiger partial charge in [-0.1, -0.05) is 12.1 Å². The van der Waals surface area contributed by atoms with Crippen molar-refractivity contribution in [1.29, 1.82) is 0 Å². The summed E-state index contributed by atoms with van der Waals surface area (Å²) in [5, 5.41) is 0. The average Bonchev–Trinajstić information content (AvgIpc) is 2.49. The second-order valence-electron chi connectivity index (χ2n) is 4.84. The van der Waals surface area contributed by atoms with E-state index < -0.39 is 0 Å². The van der Waals surface area contributed by atoms with Crippen LogP contribution in [0, 0.1) is 13.8 Å². The van der Waals surface area contributed by atoms with E-state index in [1.54, 1.807) is 14.2 Å². The highest BCUT2D eigenvalue weighted by atomic mass is 16.5. The minimum absolute atomic E-state index is 0.155. The number of nitrogens with two attached hydrogens (primary N) is 1. The van der Waals surface area contributed by atoms with E-state index >= 15 is 0 Å². The van der Waals surface area contributed by atoms with Gasteiger partial charge < -0.3 is 9.47 Å². The molecule has 0 aliphatic carbocycles. The quantitative estimate of drug-likeness (QED) is 0.652. The minimum Gasteiger partial charge on any atom is -0.493 e. The van der Waals surface area contributed by atoms with Crippen molar-refractivity contribution in [3.05, 3.63) is 52.8 Å². The zero-order valence-corrected chi connectivity index (χ0v) is 12.8. The van der Waals surface area contributed by atoms with Crippen molar-refractivity contribution in [2.75, 3.05) is 14.2 Å². The first-order chi connectivity index (χ1) is 10.1. The Morgan fingerprint density at radius 1 is 1.05 bits per heavy atom. The number of pyridine rings is 1. The molecule has 0 amide bonds. The Bertz CT molecular complexity index is 629. The second kappa shape index (κ2) is 6.56. The van der Waals surface area contributed by atoms with Crippen molar-refractivity contribution < 1.29 is 9.47 Å². The summed E-state index contributed by atoms with van der Waals surface area (Å²) in [5.41, 5.74) is 6.81. The lowest BCUT2D eigenvalue weighted by atomic mass is 9.97. The third kappa shape index (κ3) is 3.15. The van der Waals surface area contributed by atoms with Crippen LogP contribution >= 0.6 is 0 Å². The van der Waals surface area contributed by atoms with E-state index in [1.165, 1.54) is 0 Å². The van der Waals surface area contributed by atoms with E-state index in [0.717, 1.165) is 22.5 Å². The predicted octanol–water partition coefficient (Wildman–Crippen LogP) is 2.27. The first kappa shape index (κ1) is 15.3. The van der Waals surface area contributed by atoms with Crippen LogP contribution in [-0.2, 0) is 0 Å².